The SMILES string of the molecule is c1c[nH]c(-c2ccc(-c3cccs3)cc2)c1. The molecule has 3 aromatic rings. The number of H-pyrrole nitrogens is 1. The summed E-state index contributed by atoms with van der Waals surface area (Å²) in [5.74, 6) is 0. The number of rotatable bonds is 2. The highest BCUT2D eigenvalue weighted by molar-refractivity contribution is 7.13. The normalized spacial score (nSPS) is 10.5. The first-order valence-corrected chi connectivity index (χ1v) is 6.09. The van der Waals surface area contributed by atoms with Gasteiger partial charge in [-0.25, -0.2) is 0 Å². The fraction of sp³-hybridized carbons (Fsp3) is 0. The molecule has 0 aliphatic rings. The van der Waals surface area contributed by atoms with Gasteiger partial charge in [-0.3, -0.25) is 0 Å². The van der Waals surface area contributed by atoms with Crippen molar-refractivity contribution in [2.75, 3.05) is 0 Å². The van der Waals surface area contributed by atoms with E-state index in [2.05, 4.69) is 52.8 Å². The highest BCUT2D eigenvalue weighted by Gasteiger charge is 2.00. The fourth-order valence-corrected chi connectivity index (χ4v) is 2.50. The Morgan fingerprint density at radius 3 is 2.25 bits per heavy atom. The van der Waals surface area contributed by atoms with E-state index < -0.39 is 0 Å². The fourth-order valence-electron chi connectivity index (χ4n) is 1.77. The third-order valence-electron chi connectivity index (χ3n) is 2.60. The van der Waals surface area contributed by atoms with Crippen molar-refractivity contribution in [2.45, 2.75) is 0 Å². The average Bonchev–Trinajstić information content (AvgIpc) is 3.03. The molecule has 1 aromatic carbocycles. The molecule has 0 saturated heterocycles. The largest absolute Gasteiger partial charge is 0.361 e. The predicted molar refractivity (Wildman–Crippen MR) is 69.5 cm³/mol. The molecule has 1 N–H and O–H groups in total. The molecule has 2 aromatic heterocycles. The van der Waals surface area contributed by atoms with Crippen molar-refractivity contribution in [3.05, 3.63) is 60.1 Å². The molecular formula is C14H11NS. The van der Waals surface area contributed by atoms with Gasteiger partial charge < -0.3 is 4.98 Å². The first-order chi connectivity index (χ1) is 7.93. The molecule has 0 aliphatic carbocycles. The van der Waals surface area contributed by atoms with Gasteiger partial charge in [0.15, 0.2) is 0 Å². The number of benzene rings is 1. The van der Waals surface area contributed by atoms with Crippen LogP contribution in [0.2, 0.25) is 0 Å². The van der Waals surface area contributed by atoms with Gasteiger partial charge in [0.05, 0.1) is 0 Å². The van der Waals surface area contributed by atoms with Gasteiger partial charge in [-0.2, -0.15) is 0 Å². The van der Waals surface area contributed by atoms with E-state index in [1.807, 2.05) is 12.3 Å². The van der Waals surface area contributed by atoms with Crippen LogP contribution in [0.5, 0.6) is 0 Å². The molecule has 78 valence electrons. The Hall–Kier alpha value is -1.80. The molecule has 2 heteroatoms. The van der Waals surface area contributed by atoms with Gasteiger partial charge >= 0.3 is 0 Å². The third kappa shape index (κ3) is 1.68. The first kappa shape index (κ1) is 9.43. The second kappa shape index (κ2) is 3.99. The maximum absolute atomic E-state index is 3.21. The van der Waals surface area contributed by atoms with E-state index in [9.17, 15) is 0 Å². The van der Waals surface area contributed by atoms with E-state index in [-0.39, 0.29) is 0 Å². The lowest BCUT2D eigenvalue weighted by Gasteiger charge is -2.00. The Balaban J connectivity index is 1.97. The van der Waals surface area contributed by atoms with Crippen LogP contribution in [0.4, 0.5) is 0 Å². The number of hydrogen-bond donors (Lipinski definition) is 1. The maximum atomic E-state index is 3.21. The number of nitrogens with one attached hydrogen (secondary N) is 1. The van der Waals surface area contributed by atoms with Crippen molar-refractivity contribution in [3.63, 3.8) is 0 Å². The van der Waals surface area contributed by atoms with Crippen molar-refractivity contribution in [1.82, 2.24) is 4.98 Å². The Labute approximate surface area is 98.4 Å². The summed E-state index contributed by atoms with van der Waals surface area (Å²) in [4.78, 5) is 4.53. The Morgan fingerprint density at radius 2 is 1.62 bits per heavy atom. The lowest BCUT2D eigenvalue weighted by Crippen LogP contribution is -1.77. The Kier molecular flexibility index (Phi) is 2.35. The second-order valence-corrected chi connectivity index (χ2v) is 4.59. The quantitative estimate of drug-likeness (QED) is 0.665. The van der Waals surface area contributed by atoms with Crippen LogP contribution in [0.15, 0.2) is 60.1 Å². The average molecular weight is 225 g/mol. The summed E-state index contributed by atoms with van der Waals surface area (Å²) in [6, 6.07) is 17.0. The molecular weight excluding hydrogens is 214 g/mol. The van der Waals surface area contributed by atoms with Crippen molar-refractivity contribution in [2.24, 2.45) is 0 Å². The number of thiophene rings is 1. The highest BCUT2D eigenvalue weighted by atomic mass is 32.1. The van der Waals surface area contributed by atoms with Gasteiger partial charge in [-0.15, -0.1) is 11.3 Å². The van der Waals surface area contributed by atoms with E-state index in [1.54, 1.807) is 11.3 Å². The minimum absolute atomic E-state index is 1.16. The summed E-state index contributed by atoms with van der Waals surface area (Å²) in [5.41, 5.74) is 3.67. The lowest BCUT2D eigenvalue weighted by atomic mass is 10.1. The number of aromatic nitrogens is 1. The molecule has 1 nitrogen and oxygen atoms in total. The summed E-state index contributed by atoms with van der Waals surface area (Å²) in [7, 11) is 0. The Morgan fingerprint density at radius 1 is 0.812 bits per heavy atom. The van der Waals surface area contributed by atoms with Crippen LogP contribution in [0, 0.1) is 0 Å². The van der Waals surface area contributed by atoms with E-state index >= 15 is 0 Å². The first-order valence-electron chi connectivity index (χ1n) is 5.21. The van der Waals surface area contributed by atoms with Gasteiger partial charge in [0.2, 0.25) is 0 Å². The molecule has 0 spiro atoms. The van der Waals surface area contributed by atoms with E-state index in [0.717, 1.165) is 5.69 Å². The van der Waals surface area contributed by atoms with Gasteiger partial charge in [0.1, 0.15) is 0 Å². The molecule has 0 amide bonds. The van der Waals surface area contributed by atoms with Crippen molar-refractivity contribution in [3.8, 4) is 21.7 Å². The molecule has 0 radical (unpaired) electrons. The lowest BCUT2D eigenvalue weighted by molar-refractivity contribution is 1.40. The molecule has 16 heavy (non-hydrogen) atoms. The van der Waals surface area contributed by atoms with Gasteiger partial charge in [0.25, 0.3) is 0 Å². The molecule has 3 rings (SSSR count). The zero-order valence-electron chi connectivity index (χ0n) is 8.68. The topological polar surface area (TPSA) is 15.8 Å². The van der Waals surface area contributed by atoms with Crippen LogP contribution < -0.4 is 0 Å². The van der Waals surface area contributed by atoms with Crippen LogP contribution >= 0.6 is 11.3 Å². The standard InChI is InChI=1S/C14H11NS/c1-3-13(15-9-1)11-5-7-12(8-6-11)14-4-2-10-16-14/h1-10,15H. The molecule has 0 atom stereocenters. The summed E-state index contributed by atoms with van der Waals surface area (Å²) in [5, 5.41) is 2.11. The predicted octanol–water partition coefficient (Wildman–Crippen LogP) is 4.41. The summed E-state index contributed by atoms with van der Waals surface area (Å²) >= 11 is 1.77. The van der Waals surface area contributed by atoms with Gasteiger partial charge in [-0.1, -0.05) is 30.3 Å². The number of aromatic amines is 1. The molecule has 0 unspecified atom stereocenters. The van der Waals surface area contributed by atoms with Crippen molar-refractivity contribution >= 4 is 11.3 Å². The molecule has 0 fully saturated rings. The minimum atomic E-state index is 1.16. The zero-order chi connectivity index (χ0) is 10.8. The van der Waals surface area contributed by atoms with Crippen LogP contribution in [0.1, 0.15) is 0 Å². The summed E-state index contributed by atoms with van der Waals surface area (Å²) in [6.45, 7) is 0. The van der Waals surface area contributed by atoms with Crippen molar-refractivity contribution < 1.29 is 0 Å². The van der Waals surface area contributed by atoms with Gasteiger partial charge in [0, 0.05) is 16.8 Å². The highest BCUT2D eigenvalue weighted by Crippen LogP contribution is 2.26. The monoisotopic (exact) mass is 225 g/mol. The Bertz CT molecular complexity index is 494. The van der Waals surface area contributed by atoms with Crippen LogP contribution in [0.3, 0.4) is 0 Å². The van der Waals surface area contributed by atoms with Crippen LogP contribution in [-0.4, -0.2) is 4.98 Å². The van der Waals surface area contributed by atoms with E-state index in [1.165, 1.54) is 16.0 Å². The van der Waals surface area contributed by atoms with Crippen LogP contribution in [0.25, 0.3) is 21.7 Å². The van der Waals surface area contributed by atoms with Crippen molar-refractivity contribution in [1.29, 1.82) is 0 Å². The smallest absolute Gasteiger partial charge is 0.0453 e. The van der Waals surface area contributed by atoms with Crippen LogP contribution in [-0.2, 0) is 0 Å². The minimum Gasteiger partial charge on any atom is -0.361 e. The summed E-state index contributed by atoms with van der Waals surface area (Å²) < 4.78 is 0. The van der Waals surface area contributed by atoms with E-state index in [0.29, 0.717) is 0 Å². The molecule has 0 bridgehead atoms. The number of hydrogen-bond acceptors (Lipinski definition) is 1. The second-order valence-electron chi connectivity index (χ2n) is 3.64. The summed E-state index contributed by atoms with van der Waals surface area (Å²) in [6.07, 6.45) is 1.95. The van der Waals surface area contributed by atoms with Gasteiger partial charge in [-0.05, 0) is 34.7 Å². The maximum Gasteiger partial charge on any atom is 0.0453 e. The third-order valence-corrected chi connectivity index (χ3v) is 3.52. The zero-order valence-corrected chi connectivity index (χ0v) is 9.50. The van der Waals surface area contributed by atoms with E-state index in [4.69, 9.17) is 0 Å². The molecule has 2 heterocycles. The molecule has 0 saturated carbocycles. The molecule has 0 aliphatic heterocycles.